The summed E-state index contributed by atoms with van der Waals surface area (Å²) in [6.45, 7) is 1.99. The number of nitrogens with two attached hydrogens (primary N) is 1. The average Bonchev–Trinajstić information content (AvgIpc) is 2.21. The molecule has 1 aromatic rings. The molecule has 0 aliphatic rings. The van der Waals surface area contributed by atoms with Gasteiger partial charge in [-0.1, -0.05) is 31.3 Å². The maximum absolute atomic E-state index is 13.1. The second kappa shape index (κ2) is 5.47. The molecule has 1 rings (SSSR count). The lowest BCUT2D eigenvalue weighted by Gasteiger charge is -1.99. The molecule has 3 heteroatoms. The zero-order valence-corrected chi connectivity index (χ0v) is 8.56. The van der Waals surface area contributed by atoms with Crippen molar-refractivity contribution in [1.82, 2.24) is 0 Å². The summed E-state index contributed by atoms with van der Waals surface area (Å²) in [6.07, 6.45) is 1.67. The largest absolute Gasteiger partial charge is 0.318 e. The highest BCUT2D eigenvalue weighted by atomic mass is 19.2. The molecule has 1 nitrogen and oxygen atoms in total. The number of rotatable bonds is 2. The van der Waals surface area contributed by atoms with Gasteiger partial charge in [-0.15, -0.1) is 0 Å². The van der Waals surface area contributed by atoms with E-state index in [0.717, 1.165) is 18.9 Å². The monoisotopic (exact) mass is 209 g/mol. The Labute approximate surface area is 88.3 Å². The van der Waals surface area contributed by atoms with Crippen molar-refractivity contribution in [3.8, 4) is 11.8 Å². The van der Waals surface area contributed by atoms with Gasteiger partial charge in [0.1, 0.15) is 0 Å². The molecule has 2 N–H and O–H groups in total. The molecule has 1 atom stereocenters. The molecule has 80 valence electrons. The van der Waals surface area contributed by atoms with Crippen molar-refractivity contribution < 1.29 is 8.78 Å². The number of hydrogen-bond acceptors (Lipinski definition) is 1. The minimum atomic E-state index is -0.909. The lowest BCUT2D eigenvalue weighted by atomic mass is 10.1. The van der Waals surface area contributed by atoms with Crippen molar-refractivity contribution in [2.75, 3.05) is 0 Å². The summed E-state index contributed by atoms with van der Waals surface area (Å²) in [5, 5.41) is 0. The fraction of sp³-hybridized carbons (Fsp3) is 0.333. The lowest BCUT2D eigenvalue weighted by molar-refractivity contribution is 0.506. The van der Waals surface area contributed by atoms with Gasteiger partial charge in [0.15, 0.2) is 11.6 Å². The summed E-state index contributed by atoms with van der Waals surface area (Å²) in [5.74, 6) is 3.45. The topological polar surface area (TPSA) is 26.0 Å². The van der Waals surface area contributed by atoms with Crippen molar-refractivity contribution in [3.05, 3.63) is 35.4 Å². The van der Waals surface area contributed by atoms with Gasteiger partial charge < -0.3 is 5.73 Å². The van der Waals surface area contributed by atoms with Gasteiger partial charge in [0.2, 0.25) is 0 Å². The second-order valence-corrected chi connectivity index (χ2v) is 3.27. The molecule has 0 amide bonds. The molecule has 0 saturated carbocycles. The van der Waals surface area contributed by atoms with Crippen LogP contribution in [0.2, 0.25) is 0 Å². The highest BCUT2D eigenvalue weighted by Crippen LogP contribution is 2.09. The van der Waals surface area contributed by atoms with E-state index in [2.05, 4.69) is 11.8 Å². The Morgan fingerprint density at radius 1 is 1.40 bits per heavy atom. The van der Waals surface area contributed by atoms with Crippen LogP contribution in [0, 0.1) is 23.5 Å². The highest BCUT2D eigenvalue weighted by molar-refractivity contribution is 5.36. The van der Waals surface area contributed by atoms with Gasteiger partial charge >= 0.3 is 0 Å². The van der Waals surface area contributed by atoms with Gasteiger partial charge in [-0.3, -0.25) is 0 Å². The van der Waals surface area contributed by atoms with Gasteiger partial charge in [-0.05, 0) is 18.6 Å². The molecule has 0 heterocycles. The van der Waals surface area contributed by atoms with E-state index in [1.54, 1.807) is 0 Å². The van der Waals surface area contributed by atoms with E-state index in [9.17, 15) is 8.78 Å². The third kappa shape index (κ3) is 3.34. The maximum Gasteiger partial charge on any atom is 0.174 e. The third-order valence-corrected chi connectivity index (χ3v) is 1.94. The molecule has 1 aromatic carbocycles. The van der Waals surface area contributed by atoms with Gasteiger partial charge in [-0.25, -0.2) is 8.78 Å². The van der Waals surface area contributed by atoms with Crippen LogP contribution in [0.4, 0.5) is 8.78 Å². The Hall–Kier alpha value is -1.40. The van der Waals surface area contributed by atoms with Crippen LogP contribution in [0.5, 0.6) is 0 Å². The molecule has 0 bridgehead atoms. The van der Waals surface area contributed by atoms with Gasteiger partial charge in [-0.2, -0.15) is 0 Å². The first-order chi connectivity index (χ1) is 7.15. The van der Waals surface area contributed by atoms with E-state index in [1.165, 1.54) is 12.1 Å². The molecule has 0 aliphatic carbocycles. The Bertz CT molecular complexity index is 390. The molecule has 1 unspecified atom stereocenters. The van der Waals surface area contributed by atoms with E-state index in [1.807, 2.05) is 6.92 Å². The van der Waals surface area contributed by atoms with Crippen LogP contribution >= 0.6 is 0 Å². The lowest BCUT2D eigenvalue weighted by Crippen LogP contribution is -2.16. The fourth-order valence-electron chi connectivity index (χ4n) is 1.15. The summed E-state index contributed by atoms with van der Waals surface area (Å²) in [7, 11) is 0. The predicted octanol–water partition coefficient (Wildman–Crippen LogP) is 2.44. The van der Waals surface area contributed by atoms with Crippen molar-refractivity contribution in [2.24, 2.45) is 5.73 Å². The Morgan fingerprint density at radius 2 is 2.13 bits per heavy atom. The minimum Gasteiger partial charge on any atom is -0.318 e. The first-order valence-corrected chi connectivity index (χ1v) is 4.86. The molecular weight excluding hydrogens is 196 g/mol. The molecular formula is C12H13F2N. The highest BCUT2D eigenvalue weighted by Gasteiger charge is 2.04. The van der Waals surface area contributed by atoms with Gasteiger partial charge in [0.25, 0.3) is 0 Å². The summed E-state index contributed by atoms with van der Waals surface area (Å²) >= 11 is 0. The third-order valence-electron chi connectivity index (χ3n) is 1.94. The first-order valence-electron chi connectivity index (χ1n) is 4.86. The van der Waals surface area contributed by atoms with Crippen LogP contribution in [0.1, 0.15) is 25.3 Å². The van der Waals surface area contributed by atoms with E-state index in [-0.39, 0.29) is 11.6 Å². The summed E-state index contributed by atoms with van der Waals surface area (Å²) in [4.78, 5) is 0. The normalized spacial score (nSPS) is 11.7. The predicted molar refractivity (Wildman–Crippen MR) is 56.1 cm³/mol. The van der Waals surface area contributed by atoms with Gasteiger partial charge in [0.05, 0.1) is 11.6 Å². The Kier molecular flexibility index (Phi) is 4.26. The van der Waals surface area contributed by atoms with Crippen molar-refractivity contribution in [1.29, 1.82) is 0 Å². The SMILES string of the molecule is CCCC(N)C#Cc1cccc(F)c1F. The number of benzene rings is 1. The second-order valence-electron chi connectivity index (χ2n) is 3.27. The van der Waals surface area contributed by atoms with E-state index >= 15 is 0 Å². The number of hydrogen-bond donors (Lipinski definition) is 1. The smallest absolute Gasteiger partial charge is 0.174 e. The molecule has 15 heavy (non-hydrogen) atoms. The molecule has 0 aliphatic heterocycles. The van der Waals surface area contributed by atoms with Crippen molar-refractivity contribution >= 4 is 0 Å². The van der Waals surface area contributed by atoms with Crippen molar-refractivity contribution in [3.63, 3.8) is 0 Å². The number of halogens is 2. The molecule has 0 fully saturated rings. The summed E-state index contributed by atoms with van der Waals surface area (Å²) < 4.78 is 25.9. The van der Waals surface area contributed by atoms with Crippen LogP contribution in [0.3, 0.4) is 0 Å². The van der Waals surface area contributed by atoms with E-state index in [4.69, 9.17) is 5.73 Å². The standard InChI is InChI=1S/C12H13F2N/c1-2-4-10(15)8-7-9-5-3-6-11(13)12(9)14/h3,5-6,10H,2,4,15H2,1H3. The Morgan fingerprint density at radius 3 is 2.80 bits per heavy atom. The summed E-state index contributed by atoms with van der Waals surface area (Å²) in [5.41, 5.74) is 5.69. The van der Waals surface area contributed by atoms with E-state index in [0.29, 0.717) is 0 Å². The van der Waals surface area contributed by atoms with Crippen LogP contribution in [-0.2, 0) is 0 Å². The maximum atomic E-state index is 13.1. The zero-order valence-electron chi connectivity index (χ0n) is 8.56. The molecule has 0 saturated heterocycles. The molecule has 0 radical (unpaired) electrons. The van der Waals surface area contributed by atoms with Crippen LogP contribution in [0.25, 0.3) is 0 Å². The zero-order chi connectivity index (χ0) is 11.3. The van der Waals surface area contributed by atoms with Gasteiger partial charge in [0, 0.05) is 0 Å². The molecule has 0 aromatic heterocycles. The van der Waals surface area contributed by atoms with Crippen molar-refractivity contribution in [2.45, 2.75) is 25.8 Å². The molecule has 0 spiro atoms. The van der Waals surface area contributed by atoms with Crippen LogP contribution in [-0.4, -0.2) is 6.04 Å². The quantitative estimate of drug-likeness (QED) is 0.744. The summed E-state index contributed by atoms with van der Waals surface area (Å²) in [6, 6.07) is 3.64. The Balaban J connectivity index is 2.84. The van der Waals surface area contributed by atoms with E-state index < -0.39 is 11.6 Å². The van der Waals surface area contributed by atoms with Crippen LogP contribution < -0.4 is 5.73 Å². The minimum absolute atomic E-state index is 0.0570. The first kappa shape index (κ1) is 11.7. The fourth-order valence-corrected chi connectivity index (χ4v) is 1.15. The van der Waals surface area contributed by atoms with Crippen LogP contribution in [0.15, 0.2) is 18.2 Å². The average molecular weight is 209 g/mol.